The van der Waals surface area contributed by atoms with Crippen molar-refractivity contribution < 1.29 is 14.6 Å². The lowest BCUT2D eigenvalue weighted by molar-refractivity contribution is -0.137. The van der Waals surface area contributed by atoms with Gasteiger partial charge in [0.25, 0.3) is 0 Å². The van der Waals surface area contributed by atoms with E-state index in [2.05, 4.69) is 12.6 Å². The van der Waals surface area contributed by atoms with Crippen molar-refractivity contribution in [2.75, 3.05) is 6.61 Å². The van der Waals surface area contributed by atoms with Crippen LogP contribution in [0.15, 0.2) is 36.9 Å². The first-order valence-corrected chi connectivity index (χ1v) is 5.26. The fraction of sp³-hybridized carbons (Fsp3) is 0.143. The third kappa shape index (κ3) is 2.23. The van der Waals surface area contributed by atoms with Crippen LogP contribution in [0.1, 0.15) is 17.0 Å². The van der Waals surface area contributed by atoms with E-state index in [1.165, 1.54) is 0 Å². The van der Waals surface area contributed by atoms with Crippen LogP contribution in [0.2, 0.25) is 0 Å². The number of benzene rings is 1. The molecule has 0 fully saturated rings. The van der Waals surface area contributed by atoms with Crippen molar-refractivity contribution in [3.63, 3.8) is 0 Å². The molecule has 3 nitrogen and oxygen atoms in total. The molecule has 2 radical (unpaired) electrons. The predicted octanol–water partition coefficient (Wildman–Crippen LogP) is 2.34. The van der Waals surface area contributed by atoms with Crippen molar-refractivity contribution in [3.05, 3.63) is 60.6 Å². The third-order valence-electron chi connectivity index (χ3n) is 2.53. The second-order valence-corrected chi connectivity index (χ2v) is 3.64. The standard InChI is InChI=1S/C14H12O3/c1-2-9-17-12-8-4-6-10-5-3-7-11(13(10)12)14(15)16/h2-5,7-8,11H,1,9H2,(H,15,16). The Labute approximate surface area is 100 Å². The average molecular weight is 228 g/mol. The minimum atomic E-state index is -0.890. The zero-order chi connectivity index (χ0) is 12.3. The Morgan fingerprint density at radius 1 is 1.65 bits per heavy atom. The molecule has 0 bridgehead atoms. The summed E-state index contributed by atoms with van der Waals surface area (Å²) >= 11 is 0. The number of ether oxygens (including phenoxy) is 1. The summed E-state index contributed by atoms with van der Waals surface area (Å²) in [7, 11) is 0. The van der Waals surface area contributed by atoms with Crippen molar-refractivity contribution in [2.45, 2.75) is 5.92 Å². The lowest BCUT2D eigenvalue weighted by atomic mass is 9.87. The normalized spacial score (nSPS) is 17.3. The molecule has 0 amide bonds. The predicted molar refractivity (Wildman–Crippen MR) is 63.9 cm³/mol. The molecule has 2 rings (SSSR count). The maximum absolute atomic E-state index is 11.2. The van der Waals surface area contributed by atoms with Gasteiger partial charge in [-0.2, -0.15) is 0 Å². The molecule has 0 saturated carbocycles. The van der Waals surface area contributed by atoms with Gasteiger partial charge in [-0.25, -0.2) is 0 Å². The van der Waals surface area contributed by atoms with Gasteiger partial charge >= 0.3 is 5.97 Å². The highest BCUT2D eigenvalue weighted by Crippen LogP contribution is 2.35. The monoisotopic (exact) mass is 228 g/mol. The zero-order valence-corrected chi connectivity index (χ0v) is 9.22. The van der Waals surface area contributed by atoms with Gasteiger partial charge in [0.2, 0.25) is 0 Å². The highest BCUT2D eigenvalue weighted by molar-refractivity contribution is 5.81. The van der Waals surface area contributed by atoms with Gasteiger partial charge in [-0.1, -0.05) is 30.9 Å². The molecule has 0 spiro atoms. The van der Waals surface area contributed by atoms with E-state index in [-0.39, 0.29) is 0 Å². The number of hydrogen-bond acceptors (Lipinski definition) is 2. The van der Waals surface area contributed by atoms with Crippen LogP contribution in [0.4, 0.5) is 0 Å². The van der Waals surface area contributed by atoms with E-state index < -0.39 is 11.9 Å². The number of carboxylic acid groups (broad SMARTS) is 1. The Morgan fingerprint density at radius 2 is 2.47 bits per heavy atom. The lowest BCUT2D eigenvalue weighted by Crippen LogP contribution is -2.15. The van der Waals surface area contributed by atoms with Gasteiger partial charge in [-0.05, 0) is 17.7 Å². The van der Waals surface area contributed by atoms with E-state index >= 15 is 0 Å². The van der Waals surface area contributed by atoms with E-state index in [1.807, 2.05) is 6.42 Å². The maximum atomic E-state index is 11.2. The van der Waals surface area contributed by atoms with Crippen LogP contribution < -0.4 is 4.74 Å². The topological polar surface area (TPSA) is 46.5 Å². The average Bonchev–Trinajstić information content (AvgIpc) is 2.35. The Bertz CT molecular complexity index is 474. The molecule has 0 heterocycles. The maximum Gasteiger partial charge on any atom is 0.315 e. The molecule has 1 aliphatic rings. The Balaban J connectivity index is 2.43. The Hall–Kier alpha value is -2.03. The van der Waals surface area contributed by atoms with Gasteiger partial charge in [0.1, 0.15) is 18.3 Å². The largest absolute Gasteiger partial charge is 0.489 e. The molecular formula is C14H12O3. The van der Waals surface area contributed by atoms with Gasteiger partial charge in [0.05, 0.1) is 0 Å². The smallest absolute Gasteiger partial charge is 0.315 e. The van der Waals surface area contributed by atoms with Crippen LogP contribution in [0.5, 0.6) is 5.75 Å². The highest BCUT2D eigenvalue weighted by Gasteiger charge is 2.26. The fourth-order valence-electron chi connectivity index (χ4n) is 1.81. The molecule has 1 aliphatic carbocycles. The summed E-state index contributed by atoms with van der Waals surface area (Å²) in [5.74, 6) is -0.988. The quantitative estimate of drug-likeness (QED) is 0.804. The van der Waals surface area contributed by atoms with Crippen molar-refractivity contribution in [2.24, 2.45) is 0 Å². The zero-order valence-electron chi connectivity index (χ0n) is 9.22. The first-order chi connectivity index (χ1) is 8.24. The molecule has 1 unspecified atom stereocenters. The first-order valence-electron chi connectivity index (χ1n) is 5.26. The van der Waals surface area contributed by atoms with Crippen LogP contribution in [-0.4, -0.2) is 17.7 Å². The molecule has 0 aliphatic heterocycles. The first kappa shape index (κ1) is 11.5. The van der Waals surface area contributed by atoms with Crippen LogP contribution in [0.25, 0.3) is 0 Å². The number of allylic oxidation sites excluding steroid dienone is 1. The molecule has 1 aromatic rings. The highest BCUT2D eigenvalue weighted by atomic mass is 16.5. The third-order valence-corrected chi connectivity index (χ3v) is 2.53. The van der Waals surface area contributed by atoms with Crippen LogP contribution >= 0.6 is 0 Å². The summed E-state index contributed by atoms with van der Waals surface area (Å²) < 4.78 is 5.48. The summed E-state index contributed by atoms with van der Waals surface area (Å²) in [6.07, 6.45) is 6.82. The van der Waals surface area contributed by atoms with Crippen molar-refractivity contribution in [3.8, 4) is 5.75 Å². The summed E-state index contributed by atoms with van der Waals surface area (Å²) in [4.78, 5) is 11.2. The van der Waals surface area contributed by atoms with Gasteiger partial charge in [0.15, 0.2) is 0 Å². The summed E-state index contributed by atoms with van der Waals surface area (Å²) in [5.41, 5.74) is 1.42. The number of carbonyl (C=O) groups is 1. The number of fused-ring (bicyclic) bond motifs is 1. The van der Waals surface area contributed by atoms with E-state index in [0.29, 0.717) is 17.9 Å². The summed E-state index contributed by atoms with van der Waals surface area (Å²) in [6.45, 7) is 3.92. The van der Waals surface area contributed by atoms with E-state index in [0.717, 1.165) is 5.56 Å². The van der Waals surface area contributed by atoms with Crippen molar-refractivity contribution in [1.29, 1.82) is 0 Å². The number of carboxylic acids is 1. The fourth-order valence-corrected chi connectivity index (χ4v) is 1.81. The second kappa shape index (κ2) is 4.87. The summed E-state index contributed by atoms with van der Waals surface area (Å²) in [5, 5.41) is 9.18. The van der Waals surface area contributed by atoms with Crippen molar-refractivity contribution >= 4 is 5.97 Å². The van der Waals surface area contributed by atoms with Crippen LogP contribution in [0.3, 0.4) is 0 Å². The van der Waals surface area contributed by atoms with Gasteiger partial charge in [0, 0.05) is 12.0 Å². The number of rotatable bonds is 4. The molecule has 17 heavy (non-hydrogen) atoms. The number of aliphatic carboxylic acids is 1. The second-order valence-electron chi connectivity index (χ2n) is 3.64. The molecular weight excluding hydrogens is 216 g/mol. The molecule has 1 N–H and O–H groups in total. The van der Waals surface area contributed by atoms with Gasteiger partial charge in [-0.3, -0.25) is 4.79 Å². The Kier molecular flexibility index (Phi) is 3.28. The van der Waals surface area contributed by atoms with E-state index in [1.54, 1.807) is 30.4 Å². The summed E-state index contributed by atoms with van der Waals surface area (Å²) in [6, 6.07) is 6.47. The van der Waals surface area contributed by atoms with E-state index in [9.17, 15) is 9.90 Å². The van der Waals surface area contributed by atoms with Crippen molar-refractivity contribution in [1.82, 2.24) is 0 Å². The van der Waals surface area contributed by atoms with Gasteiger partial charge in [-0.15, -0.1) is 0 Å². The molecule has 86 valence electrons. The van der Waals surface area contributed by atoms with Crippen LogP contribution in [0, 0.1) is 12.5 Å². The minimum Gasteiger partial charge on any atom is -0.489 e. The molecule has 0 aromatic heterocycles. The number of hydrogen-bond donors (Lipinski definition) is 1. The van der Waals surface area contributed by atoms with Crippen LogP contribution in [-0.2, 0) is 4.79 Å². The lowest BCUT2D eigenvalue weighted by Gasteiger charge is -2.20. The van der Waals surface area contributed by atoms with Gasteiger partial charge < -0.3 is 9.84 Å². The molecule has 0 saturated heterocycles. The molecule has 1 atom stereocenters. The van der Waals surface area contributed by atoms with E-state index in [4.69, 9.17) is 4.74 Å². The molecule has 1 aromatic carbocycles. The SMILES string of the molecule is C=CCOc1cc[c]c2c1C(C(=O)O)C=C[CH]2. The minimum absolute atomic E-state index is 0.354. The Morgan fingerprint density at radius 3 is 3.18 bits per heavy atom. The molecule has 3 heteroatoms.